The van der Waals surface area contributed by atoms with Gasteiger partial charge < -0.3 is 5.73 Å². The van der Waals surface area contributed by atoms with E-state index in [1.165, 1.54) is 5.56 Å². The van der Waals surface area contributed by atoms with Gasteiger partial charge in [-0.2, -0.15) is 5.10 Å². The molecule has 0 fully saturated rings. The van der Waals surface area contributed by atoms with E-state index >= 15 is 0 Å². The van der Waals surface area contributed by atoms with E-state index in [0.717, 1.165) is 22.2 Å². The van der Waals surface area contributed by atoms with Gasteiger partial charge in [0, 0.05) is 18.1 Å². The van der Waals surface area contributed by atoms with Gasteiger partial charge in [-0.25, -0.2) is 4.68 Å². The van der Waals surface area contributed by atoms with Crippen molar-refractivity contribution in [2.75, 3.05) is 0 Å². The molecule has 2 N–H and O–H groups in total. The van der Waals surface area contributed by atoms with Crippen LogP contribution >= 0.6 is 0 Å². The number of para-hydroxylation sites is 1. The van der Waals surface area contributed by atoms with Crippen LogP contribution < -0.4 is 5.73 Å². The summed E-state index contributed by atoms with van der Waals surface area (Å²) in [6.07, 6.45) is 2.04. The fourth-order valence-corrected chi connectivity index (χ4v) is 2.16. The number of nitrogens with zero attached hydrogens (tertiary/aromatic N) is 2. The molecule has 1 heterocycles. The van der Waals surface area contributed by atoms with Crippen molar-refractivity contribution in [3.63, 3.8) is 0 Å². The minimum absolute atomic E-state index is 0.519. The predicted octanol–water partition coefficient (Wildman–Crippen LogP) is 2.79. The van der Waals surface area contributed by atoms with E-state index in [1.807, 2.05) is 35.1 Å². The van der Waals surface area contributed by atoms with Gasteiger partial charge in [0.2, 0.25) is 0 Å². The molecule has 3 aromatic rings. The first kappa shape index (κ1) is 11.0. The monoisotopic (exact) mass is 237 g/mol. The van der Waals surface area contributed by atoms with E-state index in [-0.39, 0.29) is 0 Å². The quantitative estimate of drug-likeness (QED) is 0.744. The molecule has 0 amide bonds. The molecule has 2 aromatic carbocycles. The summed E-state index contributed by atoms with van der Waals surface area (Å²) in [7, 11) is 0. The van der Waals surface area contributed by atoms with E-state index in [2.05, 4.69) is 30.2 Å². The van der Waals surface area contributed by atoms with Crippen molar-refractivity contribution in [1.29, 1.82) is 0 Å². The molecule has 1 aromatic heterocycles. The van der Waals surface area contributed by atoms with Gasteiger partial charge in [0.1, 0.15) is 0 Å². The van der Waals surface area contributed by atoms with Crippen LogP contribution in [0.2, 0.25) is 0 Å². The Hall–Kier alpha value is -2.13. The standard InChI is InChI=1S/C15H15N3/c1-11-6-7-13-10-18(17-14(13)8-11)15-5-3-2-4-12(15)9-16/h2-8,10H,9,16H2,1H3. The maximum atomic E-state index is 5.77. The van der Waals surface area contributed by atoms with Crippen molar-refractivity contribution >= 4 is 10.9 Å². The van der Waals surface area contributed by atoms with Gasteiger partial charge in [-0.1, -0.05) is 30.3 Å². The van der Waals surface area contributed by atoms with Crippen LogP contribution in [0.1, 0.15) is 11.1 Å². The Bertz CT molecular complexity index is 698. The summed E-state index contributed by atoms with van der Waals surface area (Å²) in [4.78, 5) is 0. The summed E-state index contributed by atoms with van der Waals surface area (Å²) in [6.45, 7) is 2.59. The third kappa shape index (κ3) is 1.79. The first-order chi connectivity index (χ1) is 8.78. The molecule has 90 valence electrons. The third-order valence-electron chi connectivity index (χ3n) is 3.12. The van der Waals surface area contributed by atoms with Crippen LogP contribution in [0.3, 0.4) is 0 Å². The van der Waals surface area contributed by atoms with Crippen LogP contribution in [0, 0.1) is 6.92 Å². The van der Waals surface area contributed by atoms with Crippen molar-refractivity contribution in [3.8, 4) is 5.69 Å². The smallest absolute Gasteiger partial charge is 0.0930 e. The second-order valence-electron chi connectivity index (χ2n) is 4.47. The van der Waals surface area contributed by atoms with Crippen LogP contribution in [-0.4, -0.2) is 9.78 Å². The number of hydrogen-bond donors (Lipinski definition) is 1. The molecule has 18 heavy (non-hydrogen) atoms. The fourth-order valence-electron chi connectivity index (χ4n) is 2.16. The highest BCUT2D eigenvalue weighted by molar-refractivity contribution is 5.79. The molecular weight excluding hydrogens is 222 g/mol. The number of hydrogen-bond acceptors (Lipinski definition) is 2. The molecule has 3 heteroatoms. The van der Waals surface area contributed by atoms with Crippen LogP contribution in [0.15, 0.2) is 48.7 Å². The zero-order chi connectivity index (χ0) is 12.5. The second-order valence-corrected chi connectivity index (χ2v) is 4.47. The van der Waals surface area contributed by atoms with Gasteiger partial charge in [0.05, 0.1) is 11.2 Å². The summed E-state index contributed by atoms with van der Waals surface area (Å²) in [6, 6.07) is 14.4. The van der Waals surface area contributed by atoms with E-state index in [1.54, 1.807) is 0 Å². The maximum Gasteiger partial charge on any atom is 0.0930 e. The number of fused-ring (bicyclic) bond motifs is 1. The maximum absolute atomic E-state index is 5.77. The number of benzene rings is 2. The molecular formula is C15H15N3. The summed E-state index contributed by atoms with van der Waals surface area (Å²) >= 11 is 0. The summed E-state index contributed by atoms with van der Waals surface area (Å²) in [5.74, 6) is 0. The van der Waals surface area contributed by atoms with E-state index in [9.17, 15) is 0 Å². The number of rotatable bonds is 2. The van der Waals surface area contributed by atoms with Crippen LogP contribution in [-0.2, 0) is 6.54 Å². The van der Waals surface area contributed by atoms with Crippen molar-refractivity contribution in [2.45, 2.75) is 13.5 Å². The topological polar surface area (TPSA) is 43.8 Å². The van der Waals surface area contributed by atoms with E-state index in [4.69, 9.17) is 5.73 Å². The molecule has 0 saturated carbocycles. The van der Waals surface area contributed by atoms with Crippen molar-refractivity contribution in [3.05, 3.63) is 59.8 Å². The highest BCUT2D eigenvalue weighted by Crippen LogP contribution is 2.19. The van der Waals surface area contributed by atoms with Gasteiger partial charge in [-0.3, -0.25) is 0 Å². The van der Waals surface area contributed by atoms with Crippen LogP contribution in [0.4, 0.5) is 0 Å². The molecule has 0 bridgehead atoms. The number of nitrogens with two attached hydrogens (primary N) is 1. The molecule has 0 atom stereocenters. The van der Waals surface area contributed by atoms with Crippen LogP contribution in [0.25, 0.3) is 16.6 Å². The van der Waals surface area contributed by atoms with Gasteiger partial charge >= 0.3 is 0 Å². The lowest BCUT2D eigenvalue weighted by Gasteiger charge is -2.06. The Morgan fingerprint density at radius 3 is 2.83 bits per heavy atom. The molecule has 0 aliphatic heterocycles. The lowest BCUT2D eigenvalue weighted by Crippen LogP contribution is -2.04. The molecule has 0 unspecified atom stereocenters. The summed E-state index contributed by atoms with van der Waals surface area (Å²) in [5, 5.41) is 5.76. The molecule has 0 radical (unpaired) electrons. The van der Waals surface area contributed by atoms with Crippen molar-refractivity contribution in [2.24, 2.45) is 5.73 Å². The largest absolute Gasteiger partial charge is 0.326 e. The average Bonchev–Trinajstić information content (AvgIpc) is 2.81. The van der Waals surface area contributed by atoms with Gasteiger partial charge in [-0.05, 0) is 30.2 Å². The van der Waals surface area contributed by atoms with Gasteiger partial charge in [0.25, 0.3) is 0 Å². The van der Waals surface area contributed by atoms with Crippen LogP contribution in [0.5, 0.6) is 0 Å². The molecule has 0 aliphatic rings. The number of aromatic nitrogens is 2. The zero-order valence-corrected chi connectivity index (χ0v) is 10.3. The van der Waals surface area contributed by atoms with Crippen molar-refractivity contribution < 1.29 is 0 Å². The van der Waals surface area contributed by atoms with E-state index < -0.39 is 0 Å². The molecule has 3 nitrogen and oxygen atoms in total. The normalized spacial score (nSPS) is 11.0. The third-order valence-corrected chi connectivity index (χ3v) is 3.12. The minimum Gasteiger partial charge on any atom is -0.326 e. The highest BCUT2D eigenvalue weighted by atomic mass is 15.3. The summed E-state index contributed by atoms with van der Waals surface area (Å²) < 4.78 is 1.91. The first-order valence-corrected chi connectivity index (χ1v) is 6.02. The molecule has 0 saturated heterocycles. The fraction of sp³-hybridized carbons (Fsp3) is 0.133. The second kappa shape index (κ2) is 4.27. The SMILES string of the molecule is Cc1ccc2cn(-c3ccccc3CN)nc2c1. The molecule has 0 aliphatic carbocycles. The van der Waals surface area contributed by atoms with Crippen molar-refractivity contribution in [1.82, 2.24) is 9.78 Å². The minimum atomic E-state index is 0.519. The highest BCUT2D eigenvalue weighted by Gasteiger charge is 2.06. The summed E-state index contributed by atoms with van der Waals surface area (Å²) in [5.41, 5.74) is 10.2. The Kier molecular flexibility index (Phi) is 2.61. The van der Waals surface area contributed by atoms with Gasteiger partial charge in [0.15, 0.2) is 0 Å². The Labute approximate surface area is 106 Å². The van der Waals surface area contributed by atoms with Gasteiger partial charge in [-0.15, -0.1) is 0 Å². The Morgan fingerprint density at radius 1 is 1.17 bits per heavy atom. The molecule has 3 rings (SSSR count). The lowest BCUT2D eigenvalue weighted by molar-refractivity contribution is 0.871. The Balaban J connectivity index is 2.19. The predicted molar refractivity (Wildman–Crippen MR) is 73.7 cm³/mol. The Morgan fingerprint density at radius 2 is 2.00 bits per heavy atom. The average molecular weight is 237 g/mol. The lowest BCUT2D eigenvalue weighted by atomic mass is 10.2. The first-order valence-electron chi connectivity index (χ1n) is 6.02. The molecule has 0 spiro atoms. The zero-order valence-electron chi connectivity index (χ0n) is 10.3. The van der Waals surface area contributed by atoms with E-state index in [0.29, 0.717) is 6.54 Å². The number of aryl methyl sites for hydroxylation is 1.